The van der Waals surface area contributed by atoms with Crippen molar-refractivity contribution in [2.75, 3.05) is 20.3 Å². The summed E-state index contributed by atoms with van der Waals surface area (Å²) in [7, 11) is 1.59. The SMILES string of the molecule is COc1ccc(/C=C/C(=O)NC(C)C(=O)NCC2(CO)CC2)cc1. The summed E-state index contributed by atoms with van der Waals surface area (Å²) in [6.07, 6.45) is 4.91. The van der Waals surface area contributed by atoms with Crippen LogP contribution in [0.4, 0.5) is 0 Å². The molecular formula is C18H24N2O4. The van der Waals surface area contributed by atoms with Crippen LogP contribution in [0.5, 0.6) is 5.75 Å². The van der Waals surface area contributed by atoms with E-state index in [-0.39, 0.29) is 23.8 Å². The molecule has 1 fully saturated rings. The molecule has 3 N–H and O–H groups in total. The summed E-state index contributed by atoms with van der Waals surface area (Å²) in [4.78, 5) is 23.8. The van der Waals surface area contributed by atoms with Gasteiger partial charge in [-0.25, -0.2) is 0 Å². The molecule has 1 aromatic rings. The Balaban J connectivity index is 1.77. The molecule has 0 saturated heterocycles. The molecule has 0 bridgehead atoms. The van der Waals surface area contributed by atoms with Gasteiger partial charge in [-0.15, -0.1) is 0 Å². The molecule has 1 aromatic carbocycles. The molecule has 1 aliphatic carbocycles. The van der Waals surface area contributed by atoms with E-state index >= 15 is 0 Å². The average molecular weight is 332 g/mol. The highest BCUT2D eigenvalue weighted by Crippen LogP contribution is 2.44. The van der Waals surface area contributed by atoms with E-state index in [9.17, 15) is 14.7 Å². The number of aliphatic hydroxyl groups excluding tert-OH is 1. The summed E-state index contributed by atoms with van der Waals surface area (Å²) < 4.78 is 5.07. The second-order valence-corrected chi connectivity index (χ2v) is 6.21. The molecule has 1 atom stereocenters. The van der Waals surface area contributed by atoms with Gasteiger partial charge in [0, 0.05) is 18.0 Å². The first kappa shape index (κ1) is 18.0. The Bertz CT molecular complexity index is 606. The van der Waals surface area contributed by atoms with Crippen LogP contribution in [-0.4, -0.2) is 43.2 Å². The number of carbonyl (C=O) groups excluding carboxylic acids is 2. The van der Waals surface area contributed by atoms with Gasteiger partial charge >= 0.3 is 0 Å². The highest BCUT2D eigenvalue weighted by Gasteiger charge is 2.42. The maximum atomic E-state index is 12.0. The van der Waals surface area contributed by atoms with E-state index in [4.69, 9.17) is 4.74 Å². The highest BCUT2D eigenvalue weighted by molar-refractivity contribution is 5.95. The zero-order valence-corrected chi connectivity index (χ0v) is 14.0. The van der Waals surface area contributed by atoms with Gasteiger partial charge in [0.1, 0.15) is 11.8 Å². The van der Waals surface area contributed by atoms with Gasteiger partial charge < -0.3 is 20.5 Å². The Morgan fingerprint density at radius 1 is 1.33 bits per heavy atom. The largest absolute Gasteiger partial charge is 0.497 e. The lowest BCUT2D eigenvalue weighted by Crippen LogP contribution is -2.46. The summed E-state index contributed by atoms with van der Waals surface area (Å²) >= 11 is 0. The fourth-order valence-corrected chi connectivity index (χ4v) is 2.21. The van der Waals surface area contributed by atoms with Gasteiger partial charge in [0.2, 0.25) is 11.8 Å². The Hall–Kier alpha value is -2.34. The zero-order valence-electron chi connectivity index (χ0n) is 14.0. The van der Waals surface area contributed by atoms with Crippen LogP contribution in [0.15, 0.2) is 30.3 Å². The minimum atomic E-state index is -0.632. The second-order valence-electron chi connectivity index (χ2n) is 6.21. The summed E-state index contributed by atoms with van der Waals surface area (Å²) in [6, 6.07) is 6.66. The molecule has 1 aliphatic rings. The lowest BCUT2D eigenvalue weighted by atomic mass is 10.1. The van der Waals surface area contributed by atoms with Gasteiger partial charge in [-0.05, 0) is 43.5 Å². The number of aliphatic hydroxyl groups is 1. The van der Waals surface area contributed by atoms with Crippen LogP contribution in [0.25, 0.3) is 6.08 Å². The minimum absolute atomic E-state index is 0.0820. The molecule has 0 radical (unpaired) electrons. The van der Waals surface area contributed by atoms with Crippen molar-refractivity contribution in [2.24, 2.45) is 5.41 Å². The molecule has 2 amide bonds. The van der Waals surface area contributed by atoms with Crippen molar-refractivity contribution in [3.63, 3.8) is 0 Å². The smallest absolute Gasteiger partial charge is 0.244 e. The summed E-state index contributed by atoms with van der Waals surface area (Å²) in [5.74, 6) is 0.163. The summed E-state index contributed by atoms with van der Waals surface area (Å²) in [6.45, 7) is 2.16. The van der Waals surface area contributed by atoms with E-state index in [1.54, 1.807) is 20.1 Å². The first-order chi connectivity index (χ1) is 11.5. The molecule has 1 unspecified atom stereocenters. The lowest BCUT2D eigenvalue weighted by molar-refractivity contribution is -0.126. The topological polar surface area (TPSA) is 87.7 Å². The van der Waals surface area contributed by atoms with Crippen LogP contribution in [-0.2, 0) is 9.59 Å². The first-order valence-electron chi connectivity index (χ1n) is 7.99. The molecule has 0 heterocycles. The van der Waals surface area contributed by atoms with Gasteiger partial charge in [-0.2, -0.15) is 0 Å². The Kier molecular flexibility index (Phi) is 5.98. The number of methoxy groups -OCH3 is 1. The quantitative estimate of drug-likeness (QED) is 0.622. The van der Waals surface area contributed by atoms with Crippen molar-refractivity contribution in [3.05, 3.63) is 35.9 Å². The van der Waals surface area contributed by atoms with Crippen molar-refractivity contribution in [3.8, 4) is 5.75 Å². The van der Waals surface area contributed by atoms with Crippen molar-refractivity contribution < 1.29 is 19.4 Å². The number of rotatable bonds is 8. The predicted molar refractivity (Wildman–Crippen MR) is 91.4 cm³/mol. The molecule has 1 saturated carbocycles. The number of benzene rings is 1. The van der Waals surface area contributed by atoms with E-state index < -0.39 is 6.04 Å². The van der Waals surface area contributed by atoms with E-state index in [0.717, 1.165) is 24.2 Å². The predicted octanol–water partition coefficient (Wildman–Crippen LogP) is 1.10. The van der Waals surface area contributed by atoms with E-state index in [0.29, 0.717) is 6.54 Å². The van der Waals surface area contributed by atoms with Crippen LogP contribution >= 0.6 is 0 Å². The Morgan fingerprint density at radius 2 is 2.00 bits per heavy atom. The lowest BCUT2D eigenvalue weighted by Gasteiger charge is -2.16. The van der Waals surface area contributed by atoms with Crippen LogP contribution in [0.1, 0.15) is 25.3 Å². The highest BCUT2D eigenvalue weighted by atomic mass is 16.5. The molecule has 24 heavy (non-hydrogen) atoms. The number of hydrogen-bond acceptors (Lipinski definition) is 4. The molecule has 6 nitrogen and oxygen atoms in total. The maximum Gasteiger partial charge on any atom is 0.244 e. The van der Waals surface area contributed by atoms with Gasteiger partial charge in [0.05, 0.1) is 13.7 Å². The molecule has 130 valence electrons. The summed E-state index contributed by atoms with van der Waals surface area (Å²) in [5.41, 5.74) is 0.717. The first-order valence-corrected chi connectivity index (χ1v) is 7.99. The van der Waals surface area contributed by atoms with Gasteiger partial charge in [0.15, 0.2) is 0 Å². The van der Waals surface area contributed by atoms with Gasteiger partial charge in [0.25, 0.3) is 0 Å². The maximum absolute atomic E-state index is 12.0. The van der Waals surface area contributed by atoms with Crippen LogP contribution in [0, 0.1) is 5.41 Å². The van der Waals surface area contributed by atoms with Crippen molar-refractivity contribution in [1.82, 2.24) is 10.6 Å². The minimum Gasteiger partial charge on any atom is -0.497 e. The fourth-order valence-electron chi connectivity index (χ4n) is 2.21. The van der Waals surface area contributed by atoms with E-state index in [1.807, 2.05) is 24.3 Å². The molecule has 0 spiro atoms. The van der Waals surface area contributed by atoms with Gasteiger partial charge in [-0.3, -0.25) is 9.59 Å². The molecule has 2 rings (SSSR count). The van der Waals surface area contributed by atoms with Crippen LogP contribution < -0.4 is 15.4 Å². The summed E-state index contributed by atoms with van der Waals surface area (Å²) in [5, 5.41) is 14.6. The average Bonchev–Trinajstić information content (AvgIpc) is 3.38. The normalized spacial score (nSPS) is 16.5. The third-order valence-electron chi connectivity index (χ3n) is 4.23. The number of carbonyl (C=O) groups is 2. The molecule has 6 heteroatoms. The van der Waals surface area contributed by atoms with E-state index in [2.05, 4.69) is 10.6 Å². The van der Waals surface area contributed by atoms with Crippen LogP contribution in [0.2, 0.25) is 0 Å². The molecular weight excluding hydrogens is 308 g/mol. The molecule has 0 aliphatic heterocycles. The monoisotopic (exact) mass is 332 g/mol. The third kappa shape index (κ3) is 5.09. The standard InChI is InChI=1S/C18H24N2O4/c1-13(17(23)19-11-18(12-21)9-10-18)20-16(22)8-5-14-3-6-15(24-2)7-4-14/h3-8,13,21H,9-12H2,1-2H3,(H,19,23)(H,20,22)/b8-5+. The van der Waals surface area contributed by atoms with Gasteiger partial charge in [-0.1, -0.05) is 12.1 Å². The number of nitrogens with one attached hydrogen (secondary N) is 2. The Labute approximate surface area is 141 Å². The number of hydrogen-bond donors (Lipinski definition) is 3. The van der Waals surface area contributed by atoms with E-state index in [1.165, 1.54) is 6.08 Å². The van der Waals surface area contributed by atoms with Crippen molar-refractivity contribution >= 4 is 17.9 Å². The van der Waals surface area contributed by atoms with Crippen LogP contribution in [0.3, 0.4) is 0 Å². The number of ether oxygens (including phenoxy) is 1. The van der Waals surface area contributed by atoms with Crippen molar-refractivity contribution in [1.29, 1.82) is 0 Å². The number of amides is 2. The fraction of sp³-hybridized carbons (Fsp3) is 0.444. The third-order valence-corrected chi connectivity index (χ3v) is 4.23. The van der Waals surface area contributed by atoms with Crippen molar-refractivity contribution in [2.45, 2.75) is 25.8 Å². The second kappa shape index (κ2) is 7.97. The Morgan fingerprint density at radius 3 is 2.54 bits per heavy atom. The zero-order chi connectivity index (χ0) is 17.6. The molecule has 0 aromatic heterocycles.